The summed E-state index contributed by atoms with van der Waals surface area (Å²) in [5, 5.41) is 0.810. The number of hydrogen-bond acceptors (Lipinski definition) is 2. The number of ether oxygens (including phenoxy) is 1. The molecule has 0 N–H and O–H groups in total. The quantitative estimate of drug-likeness (QED) is 0.691. The molecule has 2 aromatic carbocycles. The highest BCUT2D eigenvalue weighted by atomic mass is 32.2. The van der Waals surface area contributed by atoms with Crippen LogP contribution in [0.2, 0.25) is 0 Å². The van der Waals surface area contributed by atoms with Gasteiger partial charge in [-0.3, -0.25) is 0 Å². The van der Waals surface area contributed by atoms with Gasteiger partial charge < -0.3 is 4.74 Å². The second-order valence-corrected chi connectivity index (χ2v) is 6.64. The minimum absolute atomic E-state index is 0.810. The molecule has 1 saturated carbocycles. The second-order valence-electron chi connectivity index (χ2n) is 5.26. The third-order valence-corrected chi connectivity index (χ3v) is 5.01. The van der Waals surface area contributed by atoms with Crippen LogP contribution in [0.1, 0.15) is 32.1 Å². The smallest absolute Gasteiger partial charge is 0.127 e. The molecule has 0 radical (unpaired) electrons. The van der Waals surface area contributed by atoms with Crippen LogP contribution in [0.3, 0.4) is 0 Å². The van der Waals surface area contributed by atoms with Crippen molar-refractivity contribution in [2.75, 3.05) is 0 Å². The van der Waals surface area contributed by atoms with E-state index >= 15 is 0 Å². The van der Waals surface area contributed by atoms with E-state index in [1.165, 1.54) is 37.0 Å². The molecule has 0 unspecified atom stereocenters. The van der Waals surface area contributed by atoms with Crippen LogP contribution in [0.5, 0.6) is 11.5 Å². The summed E-state index contributed by atoms with van der Waals surface area (Å²) >= 11 is 2.02. The molecular formula is C18H20OS. The molecule has 2 aromatic rings. The van der Waals surface area contributed by atoms with Crippen LogP contribution >= 0.6 is 11.8 Å². The molecule has 20 heavy (non-hydrogen) atoms. The van der Waals surface area contributed by atoms with E-state index < -0.39 is 0 Å². The second kappa shape index (κ2) is 6.85. The number of thioether (sulfide) groups is 1. The van der Waals surface area contributed by atoms with Crippen molar-refractivity contribution in [2.45, 2.75) is 42.2 Å². The van der Waals surface area contributed by atoms with Crippen LogP contribution in [0.4, 0.5) is 0 Å². The Morgan fingerprint density at radius 3 is 2.10 bits per heavy atom. The molecule has 1 aliphatic rings. The van der Waals surface area contributed by atoms with E-state index in [-0.39, 0.29) is 0 Å². The first-order valence-corrected chi connectivity index (χ1v) is 8.28. The minimum atomic E-state index is 0.810. The van der Waals surface area contributed by atoms with Gasteiger partial charge >= 0.3 is 0 Å². The molecule has 0 heterocycles. The predicted molar refractivity (Wildman–Crippen MR) is 85.7 cm³/mol. The van der Waals surface area contributed by atoms with Crippen molar-refractivity contribution in [1.29, 1.82) is 0 Å². The Hall–Kier alpha value is -1.41. The average molecular weight is 284 g/mol. The van der Waals surface area contributed by atoms with Crippen LogP contribution in [0.15, 0.2) is 59.5 Å². The minimum Gasteiger partial charge on any atom is -0.457 e. The van der Waals surface area contributed by atoms with E-state index in [0.29, 0.717) is 0 Å². The SMILES string of the molecule is c1ccc(Oc2ccc(SC3CCCCC3)cc2)cc1. The van der Waals surface area contributed by atoms with Gasteiger partial charge in [-0.1, -0.05) is 37.5 Å². The highest BCUT2D eigenvalue weighted by Crippen LogP contribution is 2.34. The topological polar surface area (TPSA) is 9.23 Å². The van der Waals surface area contributed by atoms with Gasteiger partial charge in [-0.2, -0.15) is 0 Å². The summed E-state index contributed by atoms with van der Waals surface area (Å²) in [5.74, 6) is 1.80. The Morgan fingerprint density at radius 1 is 0.750 bits per heavy atom. The normalized spacial score (nSPS) is 16.0. The van der Waals surface area contributed by atoms with Crippen LogP contribution in [0.25, 0.3) is 0 Å². The lowest BCUT2D eigenvalue weighted by atomic mass is 10.0. The Balaban J connectivity index is 1.59. The molecule has 1 aliphatic carbocycles. The Labute approximate surface area is 125 Å². The first-order valence-electron chi connectivity index (χ1n) is 7.40. The van der Waals surface area contributed by atoms with Crippen molar-refractivity contribution < 1.29 is 4.74 Å². The third-order valence-electron chi connectivity index (χ3n) is 3.66. The molecule has 0 spiro atoms. The number of benzene rings is 2. The molecular weight excluding hydrogens is 264 g/mol. The molecule has 0 amide bonds. The largest absolute Gasteiger partial charge is 0.457 e. The van der Waals surface area contributed by atoms with Crippen LogP contribution in [0, 0.1) is 0 Å². The van der Waals surface area contributed by atoms with Crippen molar-refractivity contribution >= 4 is 11.8 Å². The molecule has 3 rings (SSSR count). The molecule has 0 atom stereocenters. The van der Waals surface area contributed by atoms with Crippen molar-refractivity contribution in [1.82, 2.24) is 0 Å². The third kappa shape index (κ3) is 3.80. The molecule has 0 saturated heterocycles. The molecule has 2 heteroatoms. The highest BCUT2D eigenvalue weighted by molar-refractivity contribution is 8.00. The summed E-state index contributed by atoms with van der Waals surface area (Å²) in [6.45, 7) is 0. The molecule has 1 fully saturated rings. The highest BCUT2D eigenvalue weighted by Gasteiger charge is 2.14. The van der Waals surface area contributed by atoms with Crippen molar-refractivity contribution in [3.8, 4) is 11.5 Å². The fraction of sp³-hybridized carbons (Fsp3) is 0.333. The monoisotopic (exact) mass is 284 g/mol. The van der Waals surface area contributed by atoms with E-state index in [1.54, 1.807) is 0 Å². The van der Waals surface area contributed by atoms with Crippen LogP contribution in [-0.2, 0) is 0 Å². The van der Waals surface area contributed by atoms with E-state index in [9.17, 15) is 0 Å². The van der Waals surface area contributed by atoms with Gasteiger partial charge in [0.05, 0.1) is 0 Å². The maximum absolute atomic E-state index is 5.81. The van der Waals surface area contributed by atoms with E-state index in [1.807, 2.05) is 42.1 Å². The summed E-state index contributed by atoms with van der Waals surface area (Å²) in [7, 11) is 0. The number of hydrogen-bond donors (Lipinski definition) is 0. The van der Waals surface area contributed by atoms with Gasteiger partial charge in [0.2, 0.25) is 0 Å². The Morgan fingerprint density at radius 2 is 1.40 bits per heavy atom. The maximum atomic E-state index is 5.81. The average Bonchev–Trinajstić information content (AvgIpc) is 2.51. The summed E-state index contributed by atoms with van der Waals surface area (Å²) in [5.41, 5.74) is 0. The maximum Gasteiger partial charge on any atom is 0.127 e. The van der Waals surface area contributed by atoms with Crippen molar-refractivity contribution in [2.24, 2.45) is 0 Å². The zero-order valence-corrected chi connectivity index (χ0v) is 12.4. The van der Waals surface area contributed by atoms with Crippen LogP contribution in [-0.4, -0.2) is 5.25 Å². The first-order chi connectivity index (χ1) is 9.90. The lowest BCUT2D eigenvalue weighted by Gasteiger charge is -2.20. The van der Waals surface area contributed by atoms with E-state index in [4.69, 9.17) is 4.74 Å². The summed E-state index contributed by atoms with van der Waals surface area (Å²) in [6, 6.07) is 18.4. The number of rotatable bonds is 4. The van der Waals surface area contributed by atoms with Gasteiger partial charge in [-0.25, -0.2) is 0 Å². The standard InChI is InChI=1S/C18H20OS/c1-3-7-15(8-4-1)19-16-11-13-18(14-12-16)20-17-9-5-2-6-10-17/h1,3-4,7-8,11-14,17H,2,5-6,9-10H2. The molecule has 0 aliphatic heterocycles. The Bertz CT molecular complexity index is 515. The summed E-state index contributed by atoms with van der Waals surface area (Å²) < 4.78 is 5.81. The van der Waals surface area contributed by atoms with Gasteiger partial charge in [0.1, 0.15) is 11.5 Å². The van der Waals surface area contributed by atoms with E-state index in [0.717, 1.165) is 16.7 Å². The molecule has 1 nitrogen and oxygen atoms in total. The van der Waals surface area contributed by atoms with Crippen molar-refractivity contribution in [3.05, 3.63) is 54.6 Å². The molecule has 0 bridgehead atoms. The molecule has 104 valence electrons. The lowest BCUT2D eigenvalue weighted by Crippen LogP contribution is -2.07. The number of para-hydroxylation sites is 1. The van der Waals surface area contributed by atoms with Gasteiger partial charge in [0.15, 0.2) is 0 Å². The van der Waals surface area contributed by atoms with Gasteiger partial charge in [-0.05, 0) is 49.2 Å². The van der Waals surface area contributed by atoms with Crippen LogP contribution < -0.4 is 4.74 Å². The summed E-state index contributed by atoms with van der Waals surface area (Å²) in [6.07, 6.45) is 6.94. The summed E-state index contributed by atoms with van der Waals surface area (Å²) in [4.78, 5) is 1.36. The van der Waals surface area contributed by atoms with E-state index in [2.05, 4.69) is 24.3 Å². The van der Waals surface area contributed by atoms with Gasteiger partial charge in [0.25, 0.3) is 0 Å². The Kier molecular flexibility index (Phi) is 4.65. The zero-order valence-electron chi connectivity index (χ0n) is 11.6. The van der Waals surface area contributed by atoms with Crippen molar-refractivity contribution in [3.63, 3.8) is 0 Å². The first kappa shape index (κ1) is 13.6. The fourth-order valence-corrected chi connectivity index (χ4v) is 3.83. The fourth-order valence-electron chi connectivity index (χ4n) is 2.59. The lowest BCUT2D eigenvalue weighted by molar-refractivity contribution is 0.482. The molecule has 0 aromatic heterocycles. The predicted octanol–water partition coefficient (Wildman–Crippen LogP) is 5.90. The van der Waals surface area contributed by atoms with Gasteiger partial charge in [0, 0.05) is 10.1 Å². The zero-order chi connectivity index (χ0) is 13.6. The van der Waals surface area contributed by atoms with Gasteiger partial charge in [-0.15, -0.1) is 11.8 Å².